The average molecular weight is 344 g/mol. The van der Waals surface area contributed by atoms with Gasteiger partial charge in [-0.25, -0.2) is 10.8 Å². The van der Waals surface area contributed by atoms with Gasteiger partial charge in [-0.15, -0.1) is 0 Å². The highest BCUT2D eigenvalue weighted by Crippen LogP contribution is 2.31. The molecule has 3 N–H and O–H groups in total. The van der Waals surface area contributed by atoms with Crippen molar-refractivity contribution >= 4 is 33.3 Å². The van der Waals surface area contributed by atoms with Crippen molar-refractivity contribution in [1.82, 2.24) is 9.97 Å². The molecule has 0 aliphatic heterocycles. The van der Waals surface area contributed by atoms with E-state index in [2.05, 4.69) is 31.3 Å². The predicted octanol–water partition coefficient (Wildman–Crippen LogP) is 3.53. The van der Waals surface area contributed by atoms with Gasteiger partial charge in [-0.3, -0.25) is 0 Å². The Kier molecular flexibility index (Phi) is 4.57. The van der Waals surface area contributed by atoms with E-state index in [-0.39, 0.29) is 0 Å². The molecule has 0 radical (unpaired) electrons. The van der Waals surface area contributed by atoms with E-state index in [0.717, 1.165) is 4.47 Å². The molecule has 0 atom stereocenters. The number of nitrogens with two attached hydrogens (primary N) is 1. The van der Waals surface area contributed by atoms with Crippen LogP contribution in [0.5, 0.6) is 11.6 Å². The van der Waals surface area contributed by atoms with Crippen LogP contribution in [0.25, 0.3) is 0 Å². The molecule has 0 amide bonds. The number of halogens is 2. The Morgan fingerprint density at radius 2 is 2.16 bits per heavy atom. The molecular weight excluding hydrogens is 332 g/mol. The van der Waals surface area contributed by atoms with E-state index in [1.807, 2.05) is 13.0 Å². The average Bonchev–Trinajstić information content (AvgIpc) is 2.42. The monoisotopic (exact) mass is 342 g/mol. The number of aromatic nitrogens is 2. The maximum absolute atomic E-state index is 6.06. The summed E-state index contributed by atoms with van der Waals surface area (Å²) in [5.74, 6) is 7.39. The van der Waals surface area contributed by atoms with Crippen molar-refractivity contribution in [3.63, 3.8) is 0 Å². The van der Waals surface area contributed by atoms with Gasteiger partial charge >= 0.3 is 0 Å². The summed E-state index contributed by atoms with van der Waals surface area (Å²) in [5.41, 5.74) is 2.48. The lowest BCUT2D eigenvalue weighted by atomic mass is 10.3. The third kappa shape index (κ3) is 3.56. The third-order valence-corrected chi connectivity index (χ3v) is 3.13. The molecule has 0 saturated heterocycles. The van der Waals surface area contributed by atoms with Crippen LogP contribution in [0.4, 0.5) is 5.82 Å². The topological polar surface area (TPSA) is 73.1 Å². The second kappa shape index (κ2) is 6.18. The molecule has 0 saturated carbocycles. The molecule has 7 heteroatoms. The van der Waals surface area contributed by atoms with Gasteiger partial charge in [0.25, 0.3) is 0 Å². The molecule has 5 nitrogen and oxygen atoms in total. The maximum atomic E-state index is 6.06. The number of nitrogens with zero attached hydrogens (tertiary/aromatic N) is 2. The number of anilines is 1. The molecule has 2 aromatic rings. The van der Waals surface area contributed by atoms with Crippen molar-refractivity contribution in [3.8, 4) is 11.6 Å². The van der Waals surface area contributed by atoms with Gasteiger partial charge < -0.3 is 10.2 Å². The molecule has 0 aliphatic rings. The van der Waals surface area contributed by atoms with Gasteiger partial charge in [0, 0.05) is 17.0 Å². The molecule has 0 aliphatic carbocycles. The first-order chi connectivity index (χ1) is 9.12. The highest BCUT2D eigenvalue weighted by Gasteiger charge is 2.08. The van der Waals surface area contributed by atoms with Crippen LogP contribution in [0.1, 0.15) is 12.7 Å². The summed E-state index contributed by atoms with van der Waals surface area (Å²) in [7, 11) is 0. The first-order valence-electron chi connectivity index (χ1n) is 5.60. The SMILES string of the molecule is CCc1nc(NN)cc(Oc2cc(Br)ccc2Cl)n1. The number of hydrogen-bond acceptors (Lipinski definition) is 5. The van der Waals surface area contributed by atoms with Crippen LogP contribution in [0.3, 0.4) is 0 Å². The van der Waals surface area contributed by atoms with E-state index >= 15 is 0 Å². The van der Waals surface area contributed by atoms with E-state index in [0.29, 0.717) is 34.7 Å². The maximum Gasteiger partial charge on any atom is 0.224 e. The van der Waals surface area contributed by atoms with Crippen molar-refractivity contribution in [1.29, 1.82) is 0 Å². The molecule has 0 fully saturated rings. The molecule has 1 aromatic heterocycles. The third-order valence-electron chi connectivity index (χ3n) is 2.32. The number of hydrogen-bond donors (Lipinski definition) is 2. The largest absolute Gasteiger partial charge is 0.437 e. The van der Waals surface area contributed by atoms with E-state index in [9.17, 15) is 0 Å². The summed E-state index contributed by atoms with van der Waals surface area (Å²) in [6.45, 7) is 1.95. The summed E-state index contributed by atoms with van der Waals surface area (Å²) in [6, 6.07) is 6.95. The fraction of sp³-hybridized carbons (Fsp3) is 0.167. The highest BCUT2D eigenvalue weighted by molar-refractivity contribution is 9.10. The summed E-state index contributed by atoms with van der Waals surface area (Å²) in [6.07, 6.45) is 0.679. The molecule has 1 heterocycles. The molecule has 2 rings (SSSR count). The number of nitrogens with one attached hydrogen (secondary N) is 1. The molecule has 100 valence electrons. The van der Waals surface area contributed by atoms with Crippen LogP contribution < -0.4 is 16.0 Å². The number of benzene rings is 1. The minimum atomic E-state index is 0.389. The predicted molar refractivity (Wildman–Crippen MR) is 78.4 cm³/mol. The van der Waals surface area contributed by atoms with Crippen LogP contribution in [0.15, 0.2) is 28.7 Å². The van der Waals surface area contributed by atoms with Gasteiger partial charge in [-0.2, -0.15) is 4.98 Å². The number of ether oxygens (including phenoxy) is 1. The van der Waals surface area contributed by atoms with Crippen molar-refractivity contribution < 1.29 is 4.74 Å². The van der Waals surface area contributed by atoms with E-state index < -0.39 is 0 Å². The molecule has 0 bridgehead atoms. The highest BCUT2D eigenvalue weighted by atomic mass is 79.9. The Morgan fingerprint density at radius 1 is 1.37 bits per heavy atom. The summed E-state index contributed by atoms with van der Waals surface area (Å²) in [5, 5.41) is 0.502. The Balaban J connectivity index is 2.34. The zero-order valence-corrected chi connectivity index (χ0v) is 12.5. The van der Waals surface area contributed by atoms with Gasteiger partial charge in [0.1, 0.15) is 17.4 Å². The fourth-order valence-corrected chi connectivity index (χ4v) is 1.92. The lowest BCUT2D eigenvalue weighted by Crippen LogP contribution is -2.10. The van der Waals surface area contributed by atoms with Gasteiger partial charge in [0.2, 0.25) is 5.88 Å². The Labute approximate surface area is 124 Å². The first-order valence-corrected chi connectivity index (χ1v) is 6.77. The second-order valence-corrected chi connectivity index (χ2v) is 5.01. The molecule has 1 aromatic carbocycles. The van der Waals surface area contributed by atoms with Gasteiger partial charge in [0.05, 0.1) is 5.02 Å². The quantitative estimate of drug-likeness (QED) is 0.656. The molecule has 0 spiro atoms. The van der Waals surface area contributed by atoms with Crippen molar-refractivity contribution in [3.05, 3.63) is 39.6 Å². The molecule has 19 heavy (non-hydrogen) atoms. The van der Waals surface area contributed by atoms with Crippen LogP contribution in [0, 0.1) is 0 Å². The van der Waals surface area contributed by atoms with Crippen molar-refractivity contribution in [2.75, 3.05) is 5.43 Å². The fourth-order valence-electron chi connectivity index (χ4n) is 1.43. The number of nitrogen functional groups attached to an aromatic ring is 1. The lowest BCUT2D eigenvalue weighted by molar-refractivity contribution is 0.459. The van der Waals surface area contributed by atoms with Crippen LogP contribution in [0.2, 0.25) is 5.02 Å². The van der Waals surface area contributed by atoms with Crippen LogP contribution in [-0.4, -0.2) is 9.97 Å². The molecule has 0 unspecified atom stereocenters. The smallest absolute Gasteiger partial charge is 0.224 e. The zero-order valence-electron chi connectivity index (χ0n) is 10.2. The van der Waals surface area contributed by atoms with Gasteiger partial charge in [0.15, 0.2) is 0 Å². The van der Waals surface area contributed by atoms with E-state index in [1.165, 1.54) is 0 Å². The first kappa shape index (κ1) is 14.0. The normalized spacial score (nSPS) is 10.3. The standard InChI is InChI=1S/C12H12BrClN4O/c1-2-10-16-11(18-15)6-12(17-10)19-9-5-7(13)3-4-8(9)14/h3-6H,2,15H2,1H3,(H,16,17,18). The van der Waals surface area contributed by atoms with E-state index in [1.54, 1.807) is 18.2 Å². The minimum absolute atomic E-state index is 0.389. The van der Waals surface area contributed by atoms with Crippen LogP contribution >= 0.6 is 27.5 Å². The number of aryl methyl sites for hydroxylation is 1. The Hall–Kier alpha value is -1.37. The Morgan fingerprint density at radius 3 is 2.84 bits per heavy atom. The number of rotatable bonds is 4. The minimum Gasteiger partial charge on any atom is -0.437 e. The van der Waals surface area contributed by atoms with E-state index in [4.69, 9.17) is 22.2 Å². The van der Waals surface area contributed by atoms with Gasteiger partial charge in [-0.1, -0.05) is 34.5 Å². The summed E-state index contributed by atoms with van der Waals surface area (Å²) < 4.78 is 6.54. The summed E-state index contributed by atoms with van der Waals surface area (Å²) in [4.78, 5) is 8.45. The van der Waals surface area contributed by atoms with Crippen LogP contribution in [-0.2, 0) is 6.42 Å². The zero-order chi connectivity index (χ0) is 13.8. The van der Waals surface area contributed by atoms with Crippen molar-refractivity contribution in [2.45, 2.75) is 13.3 Å². The number of hydrazine groups is 1. The Bertz CT molecular complexity index is 572. The second-order valence-electron chi connectivity index (χ2n) is 3.68. The van der Waals surface area contributed by atoms with Crippen molar-refractivity contribution in [2.24, 2.45) is 5.84 Å². The lowest BCUT2D eigenvalue weighted by Gasteiger charge is -2.09. The van der Waals surface area contributed by atoms with Gasteiger partial charge in [-0.05, 0) is 18.2 Å². The molecular formula is C12H12BrClN4O. The summed E-state index contributed by atoms with van der Waals surface area (Å²) >= 11 is 9.43.